The summed E-state index contributed by atoms with van der Waals surface area (Å²) in [4.78, 5) is 27.7. The van der Waals surface area contributed by atoms with Crippen molar-refractivity contribution in [3.8, 4) is 5.75 Å². The summed E-state index contributed by atoms with van der Waals surface area (Å²) in [5, 5.41) is 6.47. The largest absolute Gasteiger partial charge is 0.488 e. The molecular weight excluding hydrogens is 448 g/mol. The van der Waals surface area contributed by atoms with Gasteiger partial charge < -0.3 is 10.1 Å². The molecule has 8 heteroatoms. The smallest absolute Gasteiger partial charge is 0.259 e. The standard InChI is InChI=1S/C22H19BrN4O3/c23-19-8-9-20(30-15-16-5-2-1-3-6-16)18(11-19)13-26-27-21(28)14-25-22(29)17-7-4-10-24-12-17/h1-13H,14-15H2,(H,25,29)(H,27,28)/b26-13-. The van der Waals surface area contributed by atoms with Gasteiger partial charge in [-0.3, -0.25) is 14.6 Å². The number of amides is 2. The normalized spacial score (nSPS) is 10.6. The number of hydrazone groups is 1. The lowest BCUT2D eigenvalue weighted by molar-refractivity contribution is -0.120. The first-order valence-electron chi connectivity index (χ1n) is 9.08. The number of aromatic nitrogens is 1. The lowest BCUT2D eigenvalue weighted by Gasteiger charge is -2.10. The number of nitrogens with zero attached hydrogens (tertiary/aromatic N) is 2. The molecule has 0 aliphatic rings. The second-order valence-electron chi connectivity index (χ2n) is 6.17. The molecule has 0 bridgehead atoms. The highest BCUT2D eigenvalue weighted by atomic mass is 79.9. The Bertz CT molecular complexity index is 1030. The second kappa shape index (κ2) is 10.9. The number of nitrogens with one attached hydrogen (secondary N) is 2. The van der Waals surface area contributed by atoms with Crippen molar-refractivity contribution >= 4 is 34.0 Å². The van der Waals surface area contributed by atoms with Crippen LogP contribution in [0, 0.1) is 0 Å². The van der Waals surface area contributed by atoms with Gasteiger partial charge in [-0.1, -0.05) is 46.3 Å². The maximum atomic E-state index is 11.9. The van der Waals surface area contributed by atoms with E-state index in [0.29, 0.717) is 23.5 Å². The second-order valence-corrected chi connectivity index (χ2v) is 7.09. The van der Waals surface area contributed by atoms with E-state index in [-0.39, 0.29) is 12.5 Å². The van der Waals surface area contributed by atoms with E-state index in [1.807, 2.05) is 48.5 Å². The number of rotatable bonds is 8. The minimum absolute atomic E-state index is 0.207. The lowest BCUT2D eigenvalue weighted by atomic mass is 10.2. The van der Waals surface area contributed by atoms with Crippen molar-refractivity contribution in [3.63, 3.8) is 0 Å². The zero-order valence-electron chi connectivity index (χ0n) is 15.9. The predicted octanol–water partition coefficient (Wildman–Crippen LogP) is 3.30. The van der Waals surface area contributed by atoms with Gasteiger partial charge in [0.2, 0.25) is 0 Å². The van der Waals surface area contributed by atoms with Crippen molar-refractivity contribution in [3.05, 3.63) is 94.2 Å². The zero-order valence-corrected chi connectivity index (χ0v) is 17.5. The molecule has 0 aliphatic carbocycles. The molecule has 0 fully saturated rings. The number of halogens is 1. The van der Waals surface area contributed by atoms with Crippen molar-refractivity contribution in [2.45, 2.75) is 6.61 Å². The number of hydrogen-bond acceptors (Lipinski definition) is 5. The molecule has 1 heterocycles. The van der Waals surface area contributed by atoms with Gasteiger partial charge in [0, 0.05) is 22.4 Å². The van der Waals surface area contributed by atoms with Gasteiger partial charge in [0.25, 0.3) is 11.8 Å². The predicted molar refractivity (Wildman–Crippen MR) is 117 cm³/mol. The van der Waals surface area contributed by atoms with Crippen molar-refractivity contribution in [2.24, 2.45) is 5.10 Å². The van der Waals surface area contributed by atoms with Crippen LogP contribution in [0.25, 0.3) is 0 Å². The fourth-order valence-electron chi connectivity index (χ4n) is 2.46. The molecule has 0 unspecified atom stereocenters. The van der Waals surface area contributed by atoms with Gasteiger partial charge in [-0.05, 0) is 35.9 Å². The first-order chi connectivity index (χ1) is 14.6. The quantitative estimate of drug-likeness (QED) is 0.393. The summed E-state index contributed by atoms with van der Waals surface area (Å²) in [6.07, 6.45) is 4.49. The van der Waals surface area contributed by atoms with Gasteiger partial charge in [0.05, 0.1) is 18.3 Å². The maximum absolute atomic E-state index is 11.9. The molecule has 0 radical (unpaired) electrons. The molecular formula is C22H19BrN4O3. The van der Waals surface area contributed by atoms with Gasteiger partial charge in [0.15, 0.2) is 0 Å². The number of ether oxygens (including phenoxy) is 1. The lowest BCUT2D eigenvalue weighted by Crippen LogP contribution is -2.34. The Hall–Kier alpha value is -3.52. The molecule has 0 spiro atoms. The van der Waals surface area contributed by atoms with Crippen LogP contribution in [0.1, 0.15) is 21.5 Å². The molecule has 0 saturated carbocycles. The van der Waals surface area contributed by atoms with Crippen molar-refractivity contribution in [2.75, 3.05) is 6.54 Å². The Kier molecular flexibility index (Phi) is 7.68. The molecule has 7 nitrogen and oxygen atoms in total. The monoisotopic (exact) mass is 466 g/mol. The Balaban J connectivity index is 1.54. The molecule has 2 N–H and O–H groups in total. The molecule has 1 aromatic heterocycles. The van der Waals surface area contributed by atoms with Crippen LogP contribution in [0.2, 0.25) is 0 Å². The summed E-state index contributed by atoms with van der Waals surface area (Å²) in [6, 6.07) is 18.6. The van der Waals surface area contributed by atoms with E-state index in [1.54, 1.807) is 18.3 Å². The first-order valence-corrected chi connectivity index (χ1v) is 9.87. The molecule has 0 aliphatic heterocycles. The van der Waals surface area contributed by atoms with E-state index < -0.39 is 5.91 Å². The minimum Gasteiger partial charge on any atom is -0.488 e. The van der Waals surface area contributed by atoms with Crippen LogP contribution in [-0.4, -0.2) is 29.6 Å². The van der Waals surface area contributed by atoms with Crippen LogP contribution in [0.3, 0.4) is 0 Å². The third kappa shape index (κ3) is 6.52. The van der Waals surface area contributed by atoms with E-state index in [2.05, 4.69) is 36.8 Å². The summed E-state index contributed by atoms with van der Waals surface area (Å²) in [6.45, 7) is 0.205. The summed E-state index contributed by atoms with van der Waals surface area (Å²) in [7, 11) is 0. The Morgan fingerprint density at radius 2 is 1.93 bits per heavy atom. The first kappa shape index (κ1) is 21.2. The molecule has 3 rings (SSSR count). The van der Waals surface area contributed by atoms with E-state index in [4.69, 9.17) is 4.74 Å². The Morgan fingerprint density at radius 1 is 1.10 bits per heavy atom. The topological polar surface area (TPSA) is 92.7 Å². The van der Waals surface area contributed by atoms with Gasteiger partial charge in [-0.2, -0.15) is 5.10 Å². The van der Waals surface area contributed by atoms with Crippen LogP contribution >= 0.6 is 15.9 Å². The average molecular weight is 467 g/mol. The number of carbonyl (C=O) groups excluding carboxylic acids is 2. The van der Waals surface area contributed by atoms with E-state index in [1.165, 1.54) is 12.4 Å². The molecule has 2 amide bonds. The third-order valence-corrected chi connectivity index (χ3v) is 4.43. The van der Waals surface area contributed by atoms with E-state index in [9.17, 15) is 9.59 Å². The highest BCUT2D eigenvalue weighted by Gasteiger charge is 2.08. The van der Waals surface area contributed by atoms with Crippen LogP contribution < -0.4 is 15.5 Å². The minimum atomic E-state index is -0.453. The van der Waals surface area contributed by atoms with Crippen LogP contribution in [0.5, 0.6) is 5.75 Å². The summed E-state index contributed by atoms with van der Waals surface area (Å²) >= 11 is 3.42. The third-order valence-electron chi connectivity index (χ3n) is 3.94. The van der Waals surface area contributed by atoms with E-state index in [0.717, 1.165) is 10.0 Å². The molecule has 3 aromatic rings. The van der Waals surface area contributed by atoms with E-state index >= 15 is 0 Å². The highest BCUT2D eigenvalue weighted by molar-refractivity contribution is 9.10. The summed E-state index contributed by atoms with van der Waals surface area (Å²) in [5.41, 5.74) is 4.50. The molecule has 0 saturated heterocycles. The van der Waals surface area contributed by atoms with Gasteiger partial charge in [-0.25, -0.2) is 5.43 Å². The Morgan fingerprint density at radius 3 is 2.70 bits per heavy atom. The number of hydrogen-bond donors (Lipinski definition) is 2. The molecule has 0 atom stereocenters. The van der Waals surface area contributed by atoms with Crippen molar-refractivity contribution in [1.82, 2.24) is 15.7 Å². The Labute approximate surface area is 182 Å². The van der Waals surface area contributed by atoms with Crippen molar-refractivity contribution in [1.29, 1.82) is 0 Å². The number of carbonyl (C=O) groups is 2. The SMILES string of the molecule is O=C(CNC(=O)c1cccnc1)N/N=C\c1cc(Br)ccc1OCc1ccccc1. The average Bonchev–Trinajstić information content (AvgIpc) is 2.78. The van der Waals surface area contributed by atoms with Gasteiger partial charge in [-0.15, -0.1) is 0 Å². The fourth-order valence-corrected chi connectivity index (χ4v) is 2.84. The maximum Gasteiger partial charge on any atom is 0.259 e. The molecule has 2 aromatic carbocycles. The zero-order chi connectivity index (χ0) is 21.2. The number of benzene rings is 2. The van der Waals surface area contributed by atoms with Crippen LogP contribution in [-0.2, 0) is 11.4 Å². The van der Waals surface area contributed by atoms with Crippen molar-refractivity contribution < 1.29 is 14.3 Å². The molecule has 152 valence electrons. The molecule has 30 heavy (non-hydrogen) atoms. The van der Waals surface area contributed by atoms with Crippen LogP contribution in [0.4, 0.5) is 0 Å². The fraction of sp³-hybridized carbons (Fsp3) is 0.0909. The highest BCUT2D eigenvalue weighted by Crippen LogP contribution is 2.22. The number of pyridine rings is 1. The summed E-state index contributed by atoms with van der Waals surface area (Å²) in [5.74, 6) is -0.207. The van der Waals surface area contributed by atoms with Gasteiger partial charge >= 0.3 is 0 Å². The van der Waals surface area contributed by atoms with Crippen LogP contribution in [0.15, 0.2) is 82.6 Å². The van der Waals surface area contributed by atoms with Gasteiger partial charge in [0.1, 0.15) is 12.4 Å². The summed E-state index contributed by atoms with van der Waals surface area (Å²) < 4.78 is 6.73.